The van der Waals surface area contributed by atoms with Crippen molar-refractivity contribution in [3.8, 4) is 0 Å². The van der Waals surface area contributed by atoms with Gasteiger partial charge in [0.15, 0.2) is 0 Å². The number of para-hydroxylation sites is 1. The Balaban J connectivity index is 1.63. The van der Waals surface area contributed by atoms with Crippen LogP contribution in [-0.4, -0.2) is 47.4 Å². The number of anilines is 1. The van der Waals surface area contributed by atoms with Crippen molar-refractivity contribution in [2.24, 2.45) is 5.92 Å². The lowest BCUT2D eigenvalue weighted by atomic mass is 9.93. The van der Waals surface area contributed by atoms with Gasteiger partial charge in [0, 0.05) is 31.6 Å². The number of carboxylic acid groups (broad SMARTS) is 1. The second kappa shape index (κ2) is 7.68. The zero-order valence-corrected chi connectivity index (χ0v) is 14.3. The van der Waals surface area contributed by atoms with Gasteiger partial charge in [-0.05, 0) is 43.2 Å². The summed E-state index contributed by atoms with van der Waals surface area (Å²) in [5.74, 6) is -0.617. The number of carboxylic acids is 1. The highest BCUT2D eigenvalue weighted by atomic mass is 16.4. The maximum Gasteiger partial charge on any atom is 0.303 e. The van der Waals surface area contributed by atoms with Crippen molar-refractivity contribution < 1.29 is 19.5 Å². The Morgan fingerprint density at radius 3 is 2.80 bits per heavy atom. The monoisotopic (exact) mass is 344 g/mol. The van der Waals surface area contributed by atoms with Crippen molar-refractivity contribution in [1.29, 1.82) is 0 Å². The lowest BCUT2D eigenvalue weighted by molar-refractivity contribution is -0.137. The number of benzene rings is 1. The van der Waals surface area contributed by atoms with Crippen LogP contribution in [0.4, 0.5) is 5.69 Å². The number of hydrogen-bond acceptors (Lipinski definition) is 3. The number of fused-ring (bicyclic) bond motifs is 1. The Morgan fingerprint density at radius 1 is 1.20 bits per heavy atom. The van der Waals surface area contributed by atoms with Crippen LogP contribution in [0, 0.1) is 5.92 Å². The van der Waals surface area contributed by atoms with Gasteiger partial charge in [0.05, 0.1) is 0 Å². The summed E-state index contributed by atoms with van der Waals surface area (Å²) in [5.41, 5.74) is 1.94. The molecule has 2 aliphatic heterocycles. The minimum Gasteiger partial charge on any atom is -0.481 e. The lowest BCUT2D eigenvalue weighted by Crippen LogP contribution is -2.47. The first-order chi connectivity index (χ1) is 12.0. The molecule has 25 heavy (non-hydrogen) atoms. The second-order valence-electron chi connectivity index (χ2n) is 6.89. The number of carbonyl (C=O) groups excluding carboxylic acids is 2. The summed E-state index contributed by atoms with van der Waals surface area (Å²) >= 11 is 0. The lowest BCUT2D eigenvalue weighted by Gasteiger charge is -2.35. The van der Waals surface area contributed by atoms with Gasteiger partial charge < -0.3 is 14.9 Å². The molecule has 1 fully saturated rings. The standard InChI is InChI=1S/C19H24N2O4/c22-17-9-8-15-5-1-2-6-16(15)21(17)13-18(23)20-11-3-4-14(12-20)7-10-19(24)25/h1-2,5-6,14H,3-4,7-13H2,(H,24,25). The zero-order chi connectivity index (χ0) is 17.8. The summed E-state index contributed by atoms with van der Waals surface area (Å²) in [5, 5.41) is 8.83. The summed E-state index contributed by atoms with van der Waals surface area (Å²) < 4.78 is 0. The number of aliphatic carboxylic acids is 1. The van der Waals surface area contributed by atoms with Crippen LogP contribution in [0.2, 0.25) is 0 Å². The molecule has 2 aliphatic rings. The fourth-order valence-electron chi connectivity index (χ4n) is 3.76. The molecule has 1 aromatic rings. The average Bonchev–Trinajstić information content (AvgIpc) is 2.62. The number of carbonyl (C=O) groups is 3. The predicted molar refractivity (Wildman–Crippen MR) is 93.3 cm³/mol. The molecule has 134 valence electrons. The number of piperidine rings is 1. The SMILES string of the molecule is O=C(O)CCC1CCCN(C(=O)CN2C(=O)CCc3ccccc32)C1. The van der Waals surface area contributed by atoms with E-state index in [9.17, 15) is 14.4 Å². The van der Waals surface area contributed by atoms with Gasteiger partial charge in [-0.1, -0.05) is 18.2 Å². The molecule has 1 aromatic carbocycles. The van der Waals surface area contributed by atoms with E-state index in [4.69, 9.17) is 5.11 Å². The van der Waals surface area contributed by atoms with Gasteiger partial charge in [0.2, 0.25) is 11.8 Å². The summed E-state index contributed by atoms with van der Waals surface area (Å²) in [7, 11) is 0. The van der Waals surface area contributed by atoms with E-state index < -0.39 is 5.97 Å². The molecule has 1 unspecified atom stereocenters. The van der Waals surface area contributed by atoms with E-state index in [0.717, 1.165) is 30.5 Å². The molecule has 0 aromatic heterocycles. The van der Waals surface area contributed by atoms with Gasteiger partial charge in [0.25, 0.3) is 0 Å². The molecule has 0 spiro atoms. The van der Waals surface area contributed by atoms with Crippen molar-refractivity contribution >= 4 is 23.5 Å². The molecule has 0 bridgehead atoms. The van der Waals surface area contributed by atoms with Gasteiger partial charge in [-0.2, -0.15) is 0 Å². The highest BCUT2D eigenvalue weighted by Crippen LogP contribution is 2.28. The first-order valence-corrected chi connectivity index (χ1v) is 8.92. The Bertz CT molecular complexity index is 673. The Hall–Kier alpha value is -2.37. The molecule has 6 nitrogen and oxygen atoms in total. The molecule has 1 saturated heterocycles. The second-order valence-corrected chi connectivity index (χ2v) is 6.89. The van der Waals surface area contributed by atoms with Crippen LogP contribution < -0.4 is 4.90 Å². The van der Waals surface area contributed by atoms with E-state index in [1.54, 1.807) is 9.80 Å². The van der Waals surface area contributed by atoms with Crippen molar-refractivity contribution in [3.63, 3.8) is 0 Å². The zero-order valence-electron chi connectivity index (χ0n) is 14.3. The molecule has 0 aliphatic carbocycles. The van der Waals surface area contributed by atoms with Gasteiger partial charge in [-0.25, -0.2) is 0 Å². The fourth-order valence-corrected chi connectivity index (χ4v) is 3.76. The molecule has 6 heteroatoms. The van der Waals surface area contributed by atoms with Gasteiger partial charge in [-0.3, -0.25) is 14.4 Å². The predicted octanol–water partition coefficient (Wildman–Crippen LogP) is 2.07. The number of rotatable bonds is 5. The van der Waals surface area contributed by atoms with Crippen LogP contribution in [0.25, 0.3) is 0 Å². The van der Waals surface area contributed by atoms with Crippen molar-refractivity contribution in [2.45, 2.75) is 38.5 Å². The third kappa shape index (κ3) is 4.18. The average molecular weight is 344 g/mol. The maximum absolute atomic E-state index is 12.7. The molecule has 0 radical (unpaired) electrons. The maximum atomic E-state index is 12.7. The Labute approximate surface area is 147 Å². The van der Waals surface area contributed by atoms with E-state index in [1.165, 1.54) is 0 Å². The molecule has 1 atom stereocenters. The smallest absolute Gasteiger partial charge is 0.303 e. The number of hydrogen-bond donors (Lipinski definition) is 1. The van der Waals surface area contributed by atoms with Gasteiger partial charge in [0.1, 0.15) is 6.54 Å². The molecular weight excluding hydrogens is 320 g/mol. The number of aryl methyl sites for hydroxylation is 1. The summed E-state index contributed by atoms with van der Waals surface area (Å²) in [6, 6.07) is 7.73. The molecule has 0 saturated carbocycles. The first kappa shape index (κ1) is 17.5. The van der Waals surface area contributed by atoms with Crippen molar-refractivity contribution in [2.75, 3.05) is 24.5 Å². The molecule has 2 amide bonds. The third-order valence-electron chi connectivity index (χ3n) is 5.12. The van der Waals surface area contributed by atoms with Crippen LogP contribution in [0.5, 0.6) is 0 Å². The van der Waals surface area contributed by atoms with E-state index in [2.05, 4.69) is 0 Å². The number of amides is 2. The minimum absolute atomic E-state index is 0.00788. The molecular formula is C19H24N2O4. The van der Waals surface area contributed by atoms with E-state index in [1.807, 2.05) is 24.3 Å². The largest absolute Gasteiger partial charge is 0.481 e. The minimum atomic E-state index is -0.793. The molecule has 2 heterocycles. The van der Waals surface area contributed by atoms with E-state index in [0.29, 0.717) is 25.9 Å². The Morgan fingerprint density at radius 2 is 2.00 bits per heavy atom. The van der Waals surface area contributed by atoms with Crippen LogP contribution >= 0.6 is 0 Å². The quantitative estimate of drug-likeness (QED) is 0.887. The number of nitrogens with zero attached hydrogens (tertiary/aromatic N) is 2. The first-order valence-electron chi connectivity index (χ1n) is 8.92. The van der Waals surface area contributed by atoms with E-state index in [-0.39, 0.29) is 30.7 Å². The van der Waals surface area contributed by atoms with Crippen LogP contribution in [0.15, 0.2) is 24.3 Å². The molecule has 1 N–H and O–H groups in total. The molecule has 3 rings (SSSR count). The summed E-state index contributed by atoms with van der Waals surface area (Å²) in [4.78, 5) is 39.2. The van der Waals surface area contributed by atoms with Crippen LogP contribution in [0.3, 0.4) is 0 Å². The third-order valence-corrected chi connectivity index (χ3v) is 5.12. The highest BCUT2D eigenvalue weighted by molar-refractivity contribution is 6.01. The number of likely N-dealkylation sites (tertiary alicyclic amines) is 1. The summed E-state index contributed by atoms with van der Waals surface area (Å²) in [6.45, 7) is 1.35. The van der Waals surface area contributed by atoms with Crippen molar-refractivity contribution in [3.05, 3.63) is 29.8 Å². The topological polar surface area (TPSA) is 77.9 Å². The van der Waals surface area contributed by atoms with Crippen molar-refractivity contribution in [1.82, 2.24) is 4.90 Å². The normalized spacial score (nSPS) is 20.3. The van der Waals surface area contributed by atoms with Crippen LogP contribution in [0.1, 0.15) is 37.7 Å². The highest BCUT2D eigenvalue weighted by Gasteiger charge is 2.29. The van der Waals surface area contributed by atoms with Crippen LogP contribution in [-0.2, 0) is 20.8 Å². The Kier molecular flexibility index (Phi) is 5.36. The van der Waals surface area contributed by atoms with Gasteiger partial charge in [-0.15, -0.1) is 0 Å². The van der Waals surface area contributed by atoms with E-state index >= 15 is 0 Å². The fraction of sp³-hybridized carbons (Fsp3) is 0.526. The van der Waals surface area contributed by atoms with Gasteiger partial charge >= 0.3 is 5.97 Å². The summed E-state index contributed by atoms with van der Waals surface area (Å²) in [6.07, 6.45) is 3.75.